The van der Waals surface area contributed by atoms with Gasteiger partial charge >= 0.3 is 5.97 Å². The third kappa shape index (κ3) is 4.31. The lowest BCUT2D eigenvalue weighted by Crippen LogP contribution is -2.14. The second-order valence-electron chi connectivity index (χ2n) is 8.25. The molecule has 172 valence electrons. The topological polar surface area (TPSA) is 92.1 Å². The average molecular weight is 462 g/mol. The van der Waals surface area contributed by atoms with Gasteiger partial charge in [0.15, 0.2) is 5.82 Å². The maximum Gasteiger partial charge on any atom is 0.310 e. The summed E-state index contributed by atoms with van der Waals surface area (Å²) in [5.41, 5.74) is 4.09. The van der Waals surface area contributed by atoms with Gasteiger partial charge in [0.1, 0.15) is 11.6 Å². The molecule has 0 aliphatic heterocycles. The molecule has 0 aliphatic rings. The summed E-state index contributed by atoms with van der Waals surface area (Å²) in [6.45, 7) is 1.64. The average Bonchev–Trinajstić information content (AvgIpc) is 2.92. The van der Waals surface area contributed by atoms with Crippen LogP contribution in [0.1, 0.15) is 18.4 Å². The zero-order valence-electron chi connectivity index (χ0n) is 19.3. The Balaban J connectivity index is 1.76. The lowest BCUT2D eigenvalue weighted by Gasteiger charge is -2.21. The number of fused-ring (bicyclic) bond motifs is 1. The van der Waals surface area contributed by atoms with Crippen LogP contribution < -0.4 is 4.90 Å². The summed E-state index contributed by atoms with van der Waals surface area (Å²) in [5, 5.41) is 10.3. The molecule has 2 aromatic carbocycles. The maximum absolute atomic E-state index is 11.5. The quantitative estimate of drug-likeness (QED) is 0.346. The van der Waals surface area contributed by atoms with E-state index in [0.29, 0.717) is 22.8 Å². The highest BCUT2D eigenvalue weighted by Crippen LogP contribution is 2.37. The first-order chi connectivity index (χ1) is 17.0. The van der Waals surface area contributed by atoms with Crippen LogP contribution in [0.5, 0.6) is 0 Å². The minimum Gasteiger partial charge on any atom is -0.481 e. The number of hydrogen-bond acceptors (Lipinski definition) is 6. The van der Waals surface area contributed by atoms with Gasteiger partial charge in [-0.25, -0.2) is 15.0 Å². The molecule has 0 radical (unpaired) electrons. The number of pyridine rings is 2. The normalized spacial score (nSPS) is 11.8. The van der Waals surface area contributed by atoms with Crippen LogP contribution in [0, 0.1) is 0 Å². The molecule has 0 spiro atoms. The second kappa shape index (κ2) is 9.30. The van der Waals surface area contributed by atoms with Gasteiger partial charge in [-0.2, -0.15) is 0 Å². The third-order valence-corrected chi connectivity index (χ3v) is 5.99. The Hall–Kier alpha value is -4.65. The third-order valence-electron chi connectivity index (χ3n) is 5.99. The molecule has 5 rings (SSSR count). The van der Waals surface area contributed by atoms with Gasteiger partial charge in [-0.05, 0) is 47.9 Å². The Bertz CT molecular complexity index is 1510. The molecule has 1 N–H and O–H groups in total. The fourth-order valence-electron chi connectivity index (χ4n) is 4.01. The minimum absolute atomic E-state index is 0.465. The number of benzene rings is 2. The van der Waals surface area contributed by atoms with Crippen molar-refractivity contribution in [2.24, 2.45) is 0 Å². The maximum atomic E-state index is 11.5. The van der Waals surface area contributed by atoms with Gasteiger partial charge < -0.3 is 10.0 Å². The van der Waals surface area contributed by atoms with Crippen LogP contribution >= 0.6 is 0 Å². The van der Waals surface area contributed by atoms with Crippen LogP contribution in [0.25, 0.3) is 33.4 Å². The molecule has 1 atom stereocenters. The Kier molecular flexibility index (Phi) is 5.89. The molecule has 7 nitrogen and oxygen atoms in total. The van der Waals surface area contributed by atoms with E-state index in [0.717, 1.165) is 27.8 Å². The van der Waals surface area contributed by atoms with Crippen molar-refractivity contribution >= 4 is 28.5 Å². The molecule has 0 amide bonds. The first-order valence-corrected chi connectivity index (χ1v) is 11.2. The van der Waals surface area contributed by atoms with Gasteiger partial charge in [0, 0.05) is 31.2 Å². The highest BCUT2D eigenvalue weighted by Gasteiger charge is 2.20. The van der Waals surface area contributed by atoms with Crippen molar-refractivity contribution in [3.63, 3.8) is 0 Å². The summed E-state index contributed by atoms with van der Waals surface area (Å²) >= 11 is 0. The van der Waals surface area contributed by atoms with Crippen LogP contribution in [0.2, 0.25) is 0 Å². The fraction of sp³-hybridized carbons (Fsp3) is 0.107. The number of aromatic nitrogens is 4. The van der Waals surface area contributed by atoms with E-state index in [2.05, 4.69) is 28.2 Å². The highest BCUT2D eigenvalue weighted by atomic mass is 16.4. The molecular formula is C28H23N5O2. The fourth-order valence-corrected chi connectivity index (χ4v) is 4.01. The second-order valence-corrected chi connectivity index (χ2v) is 8.25. The summed E-state index contributed by atoms with van der Waals surface area (Å²) in [7, 11) is 1.93. The van der Waals surface area contributed by atoms with E-state index in [9.17, 15) is 9.90 Å². The summed E-state index contributed by atoms with van der Waals surface area (Å²) in [6.07, 6.45) is 4.97. The van der Waals surface area contributed by atoms with E-state index in [-0.39, 0.29) is 0 Å². The van der Waals surface area contributed by atoms with Crippen molar-refractivity contribution in [2.45, 2.75) is 12.8 Å². The summed E-state index contributed by atoms with van der Waals surface area (Å²) in [6, 6.07) is 23.6. The first-order valence-electron chi connectivity index (χ1n) is 11.2. The molecular weight excluding hydrogens is 438 g/mol. The predicted octanol–water partition coefficient (Wildman–Crippen LogP) is 5.71. The van der Waals surface area contributed by atoms with Gasteiger partial charge in [-0.3, -0.25) is 9.78 Å². The van der Waals surface area contributed by atoms with Gasteiger partial charge in [0.2, 0.25) is 0 Å². The number of nitrogens with zero attached hydrogens (tertiary/aromatic N) is 5. The van der Waals surface area contributed by atoms with E-state index in [4.69, 9.17) is 9.97 Å². The number of carboxylic acids is 1. The predicted molar refractivity (Wildman–Crippen MR) is 137 cm³/mol. The van der Waals surface area contributed by atoms with Crippen LogP contribution in [0.15, 0.2) is 91.4 Å². The smallest absolute Gasteiger partial charge is 0.310 e. The van der Waals surface area contributed by atoms with Crippen LogP contribution in [0.3, 0.4) is 0 Å². The van der Waals surface area contributed by atoms with E-state index in [1.54, 1.807) is 31.6 Å². The molecule has 0 saturated heterocycles. The summed E-state index contributed by atoms with van der Waals surface area (Å²) in [5.74, 6) is 0.301. The molecule has 35 heavy (non-hydrogen) atoms. The van der Waals surface area contributed by atoms with Crippen molar-refractivity contribution < 1.29 is 9.90 Å². The SMILES string of the molecule is CC(C(=O)O)c1cncc(-c2nc(N(C)c3ccccn3)c3c(-c4ccccc4)cccc3n2)c1. The zero-order valence-corrected chi connectivity index (χ0v) is 19.3. The Morgan fingerprint density at radius 3 is 2.46 bits per heavy atom. The molecule has 3 aromatic heterocycles. The van der Waals surface area contributed by atoms with E-state index in [1.165, 1.54) is 0 Å². The lowest BCUT2D eigenvalue weighted by molar-refractivity contribution is -0.138. The number of rotatable bonds is 6. The largest absolute Gasteiger partial charge is 0.481 e. The Morgan fingerprint density at radius 2 is 1.71 bits per heavy atom. The van der Waals surface area contributed by atoms with Crippen LogP contribution in [0.4, 0.5) is 11.6 Å². The molecule has 0 fully saturated rings. The number of hydrogen-bond donors (Lipinski definition) is 1. The Labute approximate surface area is 202 Å². The van der Waals surface area contributed by atoms with Crippen molar-refractivity contribution in [3.8, 4) is 22.5 Å². The highest BCUT2D eigenvalue weighted by molar-refractivity contribution is 6.03. The molecule has 7 heteroatoms. The van der Waals surface area contributed by atoms with Gasteiger partial charge in [-0.15, -0.1) is 0 Å². The van der Waals surface area contributed by atoms with Crippen molar-refractivity contribution in [3.05, 3.63) is 97.0 Å². The molecule has 0 bridgehead atoms. The van der Waals surface area contributed by atoms with Crippen LogP contribution in [-0.4, -0.2) is 38.1 Å². The zero-order chi connectivity index (χ0) is 24.4. The summed E-state index contributed by atoms with van der Waals surface area (Å²) < 4.78 is 0. The van der Waals surface area contributed by atoms with Gasteiger partial charge in [0.25, 0.3) is 0 Å². The molecule has 0 aliphatic carbocycles. The van der Waals surface area contributed by atoms with E-state index >= 15 is 0 Å². The molecule has 0 saturated carbocycles. The van der Waals surface area contributed by atoms with Gasteiger partial charge in [0.05, 0.1) is 16.8 Å². The van der Waals surface area contributed by atoms with E-state index in [1.807, 2.05) is 60.5 Å². The number of anilines is 2. The lowest BCUT2D eigenvalue weighted by atomic mass is 10.00. The molecule has 1 unspecified atom stereocenters. The van der Waals surface area contributed by atoms with Crippen molar-refractivity contribution in [1.82, 2.24) is 19.9 Å². The number of aliphatic carboxylic acids is 1. The van der Waals surface area contributed by atoms with Gasteiger partial charge in [-0.1, -0.05) is 48.5 Å². The minimum atomic E-state index is -0.911. The van der Waals surface area contributed by atoms with E-state index < -0.39 is 11.9 Å². The van der Waals surface area contributed by atoms with Crippen molar-refractivity contribution in [2.75, 3.05) is 11.9 Å². The molecule has 5 aromatic rings. The monoisotopic (exact) mass is 461 g/mol. The first kappa shape index (κ1) is 22.2. The number of carbonyl (C=O) groups is 1. The Morgan fingerprint density at radius 1 is 0.914 bits per heavy atom. The van der Waals surface area contributed by atoms with Crippen molar-refractivity contribution in [1.29, 1.82) is 0 Å². The number of carboxylic acid groups (broad SMARTS) is 1. The molecule has 3 heterocycles. The summed E-state index contributed by atoms with van der Waals surface area (Å²) in [4.78, 5) is 32.1. The van der Waals surface area contributed by atoms with Crippen LogP contribution in [-0.2, 0) is 4.79 Å². The standard InChI is InChI=1S/C28H23N5O2/c1-18(28(34)35)20-15-21(17-29-16-20)26-31-23-12-8-11-22(19-9-4-3-5-10-19)25(23)27(32-26)33(2)24-13-6-7-14-30-24/h3-18H,1-2H3,(H,34,35).